The standard InChI is InChI=1S/C39H30N4/c1-43-38(30-18-16-29(17-19-30)36-35-13-7-6-10-28(35)22-23-40-36)41-37(33-20-14-26-8-2-4-11-31(26)24-33)42-39(43)34-21-15-27-9-3-5-12-32(27)25-34/h2-6,8-12,14-25,39H,7,13H2,1H3. The summed E-state index contributed by atoms with van der Waals surface area (Å²) in [4.78, 5) is 17.4. The van der Waals surface area contributed by atoms with Gasteiger partial charge < -0.3 is 4.90 Å². The molecule has 0 saturated heterocycles. The molecule has 1 aliphatic carbocycles. The average molecular weight is 555 g/mol. The molecule has 8 rings (SSSR count). The summed E-state index contributed by atoms with van der Waals surface area (Å²) in [5.74, 6) is 1.64. The molecule has 2 heterocycles. The maximum Gasteiger partial charge on any atom is 0.159 e. The molecule has 0 amide bonds. The van der Waals surface area contributed by atoms with Gasteiger partial charge in [0.2, 0.25) is 0 Å². The van der Waals surface area contributed by atoms with E-state index >= 15 is 0 Å². The Morgan fingerprint density at radius 2 is 1.35 bits per heavy atom. The summed E-state index contributed by atoms with van der Waals surface area (Å²) in [6.07, 6.45) is 8.23. The molecule has 0 saturated carbocycles. The highest BCUT2D eigenvalue weighted by Gasteiger charge is 2.27. The number of nitrogens with zero attached hydrogens (tertiary/aromatic N) is 4. The molecular formula is C39H30N4. The predicted octanol–water partition coefficient (Wildman–Crippen LogP) is 8.85. The van der Waals surface area contributed by atoms with Crippen molar-refractivity contribution in [2.75, 3.05) is 7.05 Å². The molecule has 0 bridgehead atoms. The van der Waals surface area contributed by atoms with Crippen molar-refractivity contribution in [2.45, 2.75) is 19.0 Å². The molecule has 2 aliphatic rings. The zero-order chi connectivity index (χ0) is 28.8. The van der Waals surface area contributed by atoms with E-state index in [2.05, 4.69) is 139 Å². The first-order chi connectivity index (χ1) is 21.2. The molecule has 1 unspecified atom stereocenters. The number of hydrogen-bond acceptors (Lipinski definition) is 4. The minimum Gasteiger partial charge on any atom is -0.333 e. The van der Waals surface area contributed by atoms with Crippen LogP contribution in [-0.2, 0) is 6.42 Å². The molecule has 1 atom stereocenters. The Balaban J connectivity index is 1.23. The topological polar surface area (TPSA) is 40.9 Å². The van der Waals surface area contributed by atoms with Crippen molar-refractivity contribution in [2.24, 2.45) is 9.98 Å². The summed E-state index contributed by atoms with van der Waals surface area (Å²) in [7, 11) is 2.09. The lowest BCUT2D eigenvalue weighted by Gasteiger charge is -2.32. The van der Waals surface area contributed by atoms with Crippen LogP contribution >= 0.6 is 0 Å². The van der Waals surface area contributed by atoms with Gasteiger partial charge in [0.1, 0.15) is 5.84 Å². The van der Waals surface area contributed by atoms with Crippen LogP contribution in [0.5, 0.6) is 0 Å². The maximum absolute atomic E-state index is 5.24. The summed E-state index contributed by atoms with van der Waals surface area (Å²) in [5, 5.41) is 4.81. The van der Waals surface area contributed by atoms with Crippen LogP contribution < -0.4 is 0 Å². The smallest absolute Gasteiger partial charge is 0.159 e. The van der Waals surface area contributed by atoms with Crippen molar-refractivity contribution >= 4 is 39.3 Å². The molecule has 0 N–H and O–H groups in total. The van der Waals surface area contributed by atoms with Gasteiger partial charge in [-0.2, -0.15) is 0 Å². The molecule has 4 nitrogen and oxygen atoms in total. The van der Waals surface area contributed by atoms with Crippen LogP contribution in [0.1, 0.15) is 40.4 Å². The lowest BCUT2D eigenvalue weighted by molar-refractivity contribution is 0.383. The van der Waals surface area contributed by atoms with Gasteiger partial charge in [0.25, 0.3) is 0 Å². The fourth-order valence-corrected chi connectivity index (χ4v) is 6.32. The molecule has 5 aromatic carbocycles. The van der Waals surface area contributed by atoms with E-state index in [1.807, 2.05) is 6.20 Å². The first-order valence-corrected chi connectivity index (χ1v) is 14.8. The van der Waals surface area contributed by atoms with Crippen molar-refractivity contribution < 1.29 is 0 Å². The predicted molar refractivity (Wildman–Crippen MR) is 179 cm³/mol. The van der Waals surface area contributed by atoms with Crippen LogP contribution in [0, 0.1) is 0 Å². The number of aromatic nitrogens is 1. The van der Waals surface area contributed by atoms with Crippen molar-refractivity contribution in [3.63, 3.8) is 0 Å². The highest BCUT2D eigenvalue weighted by Crippen LogP contribution is 2.33. The Kier molecular flexibility index (Phi) is 6.19. The molecular weight excluding hydrogens is 524 g/mol. The Labute approximate surface area is 251 Å². The number of fused-ring (bicyclic) bond motifs is 3. The van der Waals surface area contributed by atoms with Crippen LogP contribution in [0.4, 0.5) is 0 Å². The quantitative estimate of drug-likeness (QED) is 0.218. The Bertz CT molecular complexity index is 2100. The van der Waals surface area contributed by atoms with Gasteiger partial charge in [-0.25, -0.2) is 9.98 Å². The molecule has 0 fully saturated rings. The van der Waals surface area contributed by atoms with E-state index in [1.165, 1.54) is 32.7 Å². The second-order valence-corrected chi connectivity index (χ2v) is 11.3. The van der Waals surface area contributed by atoms with Gasteiger partial charge in [0.05, 0.1) is 5.69 Å². The van der Waals surface area contributed by atoms with E-state index in [4.69, 9.17) is 15.0 Å². The highest BCUT2D eigenvalue weighted by molar-refractivity contribution is 6.14. The van der Waals surface area contributed by atoms with Crippen molar-refractivity contribution in [3.05, 3.63) is 155 Å². The summed E-state index contributed by atoms with van der Waals surface area (Å²) in [5.41, 5.74) is 7.99. The van der Waals surface area contributed by atoms with Crippen LogP contribution in [0.3, 0.4) is 0 Å². The summed E-state index contributed by atoms with van der Waals surface area (Å²) in [6.45, 7) is 0. The van der Waals surface area contributed by atoms with Crippen LogP contribution in [0.2, 0.25) is 0 Å². The number of amidine groups is 2. The first kappa shape index (κ1) is 25.4. The highest BCUT2D eigenvalue weighted by atomic mass is 15.3. The number of benzene rings is 5. The van der Waals surface area contributed by atoms with E-state index < -0.39 is 0 Å². The van der Waals surface area contributed by atoms with E-state index in [0.29, 0.717) is 0 Å². The van der Waals surface area contributed by atoms with Gasteiger partial charge in [-0.1, -0.05) is 109 Å². The number of hydrogen-bond donors (Lipinski definition) is 0. The van der Waals surface area contributed by atoms with Crippen LogP contribution in [0.25, 0.3) is 38.9 Å². The van der Waals surface area contributed by atoms with Crippen molar-refractivity contribution in [3.8, 4) is 11.3 Å². The van der Waals surface area contributed by atoms with Gasteiger partial charge >= 0.3 is 0 Å². The van der Waals surface area contributed by atoms with E-state index in [-0.39, 0.29) is 6.17 Å². The second-order valence-electron chi connectivity index (χ2n) is 11.3. The Morgan fingerprint density at radius 3 is 2.14 bits per heavy atom. The van der Waals surface area contributed by atoms with Gasteiger partial charge in [0, 0.05) is 29.9 Å². The molecule has 4 heteroatoms. The molecule has 1 aromatic heterocycles. The lowest BCUT2D eigenvalue weighted by Crippen LogP contribution is -2.35. The summed E-state index contributed by atoms with van der Waals surface area (Å²) >= 11 is 0. The molecule has 6 aromatic rings. The fourth-order valence-electron chi connectivity index (χ4n) is 6.32. The summed E-state index contributed by atoms with van der Waals surface area (Å²) in [6, 6.07) is 40.8. The number of allylic oxidation sites excluding steroid dienone is 1. The van der Waals surface area contributed by atoms with Crippen molar-refractivity contribution in [1.29, 1.82) is 0 Å². The minimum atomic E-state index is -0.215. The Hall–Kier alpha value is -5.35. The third kappa shape index (κ3) is 4.61. The SMILES string of the molecule is CN1C(c2ccc(-c3nccc4c3CCC=C4)cc2)=NC(c2ccc3ccccc3c2)=NC1c1ccc2ccccc2c1. The van der Waals surface area contributed by atoms with Gasteiger partial charge in [-0.05, 0) is 69.3 Å². The van der Waals surface area contributed by atoms with E-state index in [0.717, 1.165) is 52.5 Å². The second kappa shape index (κ2) is 10.5. The average Bonchev–Trinajstić information content (AvgIpc) is 3.08. The normalized spacial score (nSPS) is 16.2. The largest absolute Gasteiger partial charge is 0.333 e. The van der Waals surface area contributed by atoms with Crippen LogP contribution in [-0.4, -0.2) is 28.6 Å². The maximum atomic E-state index is 5.24. The lowest BCUT2D eigenvalue weighted by atomic mass is 9.93. The summed E-state index contributed by atoms with van der Waals surface area (Å²) < 4.78 is 0. The molecule has 1 aliphatic heterocycles. The van der Waals surface area contributed by atoms with Gasteiger partial charge in [-0.3, -0.25) is 4.98 Å². The Morgan fingerprint density at radius 1 is 0.674 bits per heavy atom. The van der Waals surface area contributed by atoms with E-state index in [9.17, 15) is 0 Å². The third-order valence-corrected chi connectivity index (χ3v) is 8.60. The monoisotopic (exact) mass is 554 g/mol. The third-order valence-electron chi connectivity index (χ3n) is 8.60. The zero-order valence-electron chi connectivity index (χ0n) is 24.0. The molecule has 0 radical (unpaired) electrons. The number of pyridine rings is 1. The number of rotatable bonds is 4. The van der Waals surface area contributed by atoms with Crippen molar-refractivity contribution in [1.82, 2.24) is 9.88 Å². The fraction of sp³-hybridized carbons (Fsp3) is 0.103. The molecule has 43 heavy (non-hydrogen) atoms. The van der Waals surface area contributed by atoms with Crippen LogP contribution in [0.15, 0.2) is 138 Å². The molecule has 0 spiro atoms. The molecule has 206 valence electrons. The van der Waals surface area contributed by atoms with Gasteiger partial charge in [-0.15, -0.1) is 0 Å². The minimum absolute atomic E-state index is 0.215. The zero-order valence-corrected chi connectivity index (χ0v) is 24.0. The van der Waals surface area contributed by atoms with Gasteiger partial charge in [0.15, 0.2) is 12.0 Å². The van der Waals surface area contributed by atoms with E-state index in [1.54, 1.807) is 0 Å². The number of aliphatic imine (C=N–C) groups is 2. The first-order valence-electron chi connectivity index (χ1n) is 14.8.